The van der Waals surface area contributed by atoms with Gasteiger partial charge in [0.2, 0.25) is 5.91 Å². The van der Waals surface area contributed by atoms with Crippen LogP contribution in [0.4, 0.5) is 0 Å². The van der Waals surface area contributed by atoms with E-state index in [2.05, 4.69) is 5.32 Å². The van der Waals surface area contributed by atoms with Crippen molar-refractivity contribution in [1.29, 1.82) is 0 Å². The Morgan fingerprint density at radius 1 is 1.32 bits per heavy atom. The Labute approximate surface area is 150 Å². The van der Waals surface area contributed by atoms with E-state index in [0.717, 1.165) is 30.7 Å². The average molecular weight is 346 g/mol. The Kier molecular flexibility index (Phi) is 6.45. The van der Waals surface area contributed by atoms with Gasteiger partial charge in [0.1, 0.15) is 5.75 Å². The van der Waals surface area contributed by atoms with Gasteiger partial charge in [-0.1, -0.05) is 32.9 Å². The summed E-state index contributed by atoms with van der Waals surface area (Å²) in [6.07, 6.45) is 2.00. The highest BCUT2D eigenvalue weighted by molar-refractivity contribution is 5.81. The first-order chi connectivity index (χ1) is 11.8. The molecule has 0 unspecified atom stereocenters. The first kappa shape index (κ1) is 19.3. The normalized spacial score (nSPS) is 17.9. The highest BCUT2D eigenvalue weighted by atomic mass is 16.5. The van der Waals surface area contributed by atoms with Gasteiger partial charge in [-0.25, -0.2) is 0 Å². The smallest absolute Gasteiger partial charge is 0.260 e. The van der Waals surface area contributed by atoms with Crippen LogP contribution in [-0.4, -0.2) is 43.0 Å². The van der Waals surface area contributed by atoms with E-state index in [0.29, 0.717) is 19.0 Å². The van der Waals surface area contributed by atoms with Crippen molar-refractivity contribution >= 4 is 11.8 Å². The number of piperidine rings is 1. The molecule has 138 valence electrons. The molecule has 0 aromatic heterocycles. The van der Waals surface area contributed by atoms with Crippen molar-refractivity contribution in [2.45, 2.75) is 40.5 Å². The van der Waals surface area contributed by atoms with Crippen molar-refractivity contribution in [2.75, 3.05) is 26.2 Å². The molecule has 1 aliphatic heterocycles. The molecule has 0 bridgehead atoms. The predicted octanol–water partition coefficient (Wildman–Crippen LogP) is 2.77. The summed E-state index contributed by atoms with van der Waals surface area (Å²) in [6.45, 7) is 9.84. The molecular weight excluding hydrogens is 316 g/mol. The molecule has 1 heterocycles. The van der Waals surface area contributed by atoms with Crippen molar-refractivity contribution in [2.24, 2.45) is 11.3 Å². The van der Waals surface area contributed by atoms with Gasteiger partial charge in [-0.2, -0.15) is 0 Å². The van der Waals surface area contributed by atoms with Crippen molar-refractivity contribution in [3.8, 4) is 5.75 Å². The highest BCUT2D eigenvalue weighted by Crippen LogP contribution is 2.18. The molecule has 5 heteroatoms. The fourth-order valence-electron chi connectivity index (χ4n) is 2.90. The number of hydrogen-bond donors (Lipinski definition) is 1. The molecule has 1 N–H and O–H groups in total. The third-order valence-corrected chi connectivity index (χ3v) is 4.46. The molecule has 1 atom stereocenters. The number of aryl methyl sites for hydroxylation is 1. The van der Waals surface area contributed by atoms with Crippen LogP contribution in [0.3, 0.4) is 0 Å². The van der Waals surface area contributed by atoms with Gasteiger partial charge in [0, 0.05) is 25.0 Å². The van der Waals surface area contributed by atoms with E-state index in [4.69, 9.17) is 4.74 Å². The maximum absolute atomic E-state index is 12.4. The van der Waals surface area contributed by atoms with Crippen LogP contribution in [0.2, 0.25) is 0 Å². The molecule has 25 heavy (non-hydrogen) atoms. The molecule has 0 aliphatic carbocycles. The minimum atomic E-state index is -0.383. The fraction of sp³-hybridized carbons (Fsp3) is 0.600. The molecule has 1 aliphatic rings. The summed E-state index contributed by atoms with van der Waals surface area (Å²) in [5, 5.41) is 3.01. The van der Waals surface area contributed by atoms with Crippen LogP contribution in [0.15, 0.2) is 24.3 Å². The minimum Gasteiger partial charge on any atom is -0.484 e. The lowest BCUT2D eigenvalue weighted by Gasteiger charge is -2.33. The van der Waals surface area contributed by atoms with E-state index in [-0.39, 0.29) is 23.8 Å². The number of amides is 2. The second-order valence-electron chi connectivity index (χ2n) is 7.91. The van der Waals surface area contributed by atoms with Gasteiger partial charge >= 0.3 is 0 Å². The maximum Gasteiger partial charge on any atom is 0.260 e. The average Bonchev–Trinajstić information content (AvgIpc) is 2.57. The van der Waals surface area contributed by atoms with Gasteiger partial charge in [0.15, 0.2) is 6.61 Å². The summed E-state index contributed by atoms with van der Waals surface area (Å²) in [4.78, 5) is 26.3. The molecule has 1 aromatic carbocycles. The zero-order valence-corrected chi connectivity index (χ0v) is 15.8. The van der Waals surface area contributed by atoms with Crippen molar-refractivity contribution in [3.05, 3.63) is 29.8 Å². The number of hydrogen-bond acceptors (Lipinski definition) is 3. The van der Waals surface area contributed by atoms with E-state index in [1.807, 2.05) is 56.9 Å². The summed E-state index contributed by atoms with van der Waals surface area (Å²) >= 11 is 0. The number of nitrogens with zero attached hydrogens (tertiary/aromatic N) is 1. The number of carbonyl (C=O) groups is 2. The van der Waals surface area contributed by atoms with Crippen molar-refractivity contribution in [1.82, 2.24) is 10.2 Å². The summed E-state index contributed by atoms with van der Waals surface area (Å²) in [5.41, 5.74) is 0.726. The first-order valence-corrected chi connectivity index (χ1v) is 9.01. The van der Waals surface area contributed by atoms with E-state index >= 15 is 0 Å². The Bertz CT molecular complexity index is 607. The van der Waals surface area contributed by atoms with Gasteiger partial charge in [-0.05, 0) is 43.4 Å². The van der Waals surface area contributed by atoms with E-state index < -0.39 is 0 Å². The van der Waals surface area contributed by atoms with E-state index in [1.165, 1.54) is 0 Å². The molecule has 2 amide bonds. The predicted molar refractivity (Wildman–Crippen MR) is 98.4 cm³/mol. The van der Waals surface area contributed by atoms with Crippen LogP contribution in [0, 0.1) is 18.3 Å². The number of carbonyl (C=O) groups excluding carboxylic acids is 2. The summed E-state index contributed by atoms with van der Waals surface area (Å²) < 4.78 is 5.62. The lowest BCUT2D eigenvalue weighted by atomic mass is 9.94. The topological polar surface area (TPSA) is 58.6 Å². The zero-order chi connectivity index (χ0) is 18.4. The molecule has 1 saturated heterocycles. The minimum absolute atomic E-state index is 0.00774. The largest absolute Gasteiger partial charge is 0.484 e. The Morgan fingerprint density at radius 2 is 2.08 bits per heavy atom. The summed E-state index contributed by atoms with van der Waals surface area (Å²) in [7, 11) is 0. The van der Waals surface area contributed by atoms with Crippen molar-refractivity contribution < 1.29 is 14.3 Å². The number of likely N-dealkylation sites (tertiary alicyclic amines) is 1. The standard InChI is InChI=1S/C20H30N2O3/c1-15-7-5-9-17(11-15)25-14-18(23)22-10-6-8-16(13-22)12-21-19(24)20(2,3)4/h5,7,9,11,16H,6,8,10,12-14H2,1-4H3,(H,21,24)/t16-/m0/s1. The second-order valence-corrected chi connectivity index (χ2v) is 7.91. The number of nitrogens with one attached hydrogen (secondary N) is 1. The zero-order valence-electron chi connectivity index (χ0n) is 15.8. The lowest BCUT2D eigenvalue weighted by Crippen LogP contribution is -2.46. The monoisotopic (exact) mass is 346 g/mol. The van der Waals surface area contributed by atoms with Crippen LogP contribution in [0.1, 0.15) is 39.2 Å². The first-order valence-electron chi connectivity index (χ1n) is 9.01. The number of benzene rings is 1. The highest BCUT2D eigenvalue weighted by Gasteiger charge is 2.26. The van der Waals surface area contributed by atoms with Gasteiger partial charge < -0.3 is 15.0 Å². The molecule has 0 saturated carbocycles. The fourth-order valence-corrected chi connectivity index (χ4v) is 2.90. The maximum atomic E-state index is 12.4. The number of rotatable bonds is 5. The molecule has 0 radical (unpaired) electrons. The molecule has 1 fully saturated rings. The van der Waals surface area contributed by atoms with Gasteiger partial charge in [0.25, 0.3) is 5.91 Å². The third kappa shape index (κ3) is 6.07. The number of ether oxygens (including phenoxy) is 1. The Balaban J connectivity index is 1.79. The molecule has 5 nitrogen and oxygen atoms in total. The second kappa shape index (κ2) is 8.37. The Morgan fingerprint density at radius 3 is 2.76 bits per heavy atom. The van der Waals surface area contributed by atoms with Gasteiger partial charge in [-0.3, -0.25) is 9.59 Å². The molecular formula is C20H30N2O3. The Hall–Kier alpha value is -2.04. The summed E-state index contributed by atoms with van der Waals surface area (Å²) in [6, 6.07) is 7.70. The van der Waals surface area contributed by atoms with Crippen LogP contribution in [-0.2, 0) is 9.59 Å². The summed E-state index contributed by atoms with van der Waals surface area (Å²) in [5.74, 6) is 1.09. The van der Waals surface area contributed by atoms with Crippen LogP contribution in [0.25, 0.3) is 0 Å². The quantitative estimate of drug-likeness (QED) is 0.892. The SMILES string of the molecule is Cc1cccc(OCC(=O)N2CCC[C@@H](CNC(=O)C(C)(C)C)C2)c1. The molecule has 0 spiro atoms. The molecule has 2 rings (SSSR count). The van der Waals surface area contributed by atoms with E-state index in [1.54, 1.807) is 0 Å². The third-order valence-electron chi connectivity index (χ3n) is 4.46. The molecule has 1 aromatic rings. The van der Waals surface area contributed by atoms with Gasteiger partial charge in [-0.15, -0.1) is 0 Å². The van der Waals surface area contributed by atoms with Crippen LogP contribution < -0.4 is 10.1 Å². The van der Waals surface area contributed by atoms with Crippen molar-refractivity contribution in [3.63, 3.8) is 0 Å². The van der Waals surface area contributed by atoms with Crippen LogP contribution in [0.5, 0.6) is 5.75 Å². The van der Waals surface area contributed by atoms with Gasteiger partial charge in [0.05, 0.1) is 0 Å². The lowest BCUT2D eigenvalue weighted by molar-refractivity contribution is -0.135. The van der Waals surface area contributed by atoms with Crippen LogP contribution >= 0.6 is 0 Å². The van der Waals surface area contributed by atoms with E-state index in [9.17, 15) is 9.59 Å².